The Labute approximate surface area is 192 Å². The molecule has 2 aromatic rings. The number of aliphatic carboxylic acids is 1. The minimum absolute atomic E-state index is 0.0397. The Kier molecular flexibility index (Phi) is 5.56. The van der Waals surface area contributed by atoms with Crippen molar-refractivity contribution in [3.05, 3.63) is 59.7 Å². The number of nitrogens with one attached hydrogen (secondary N) is 1. The molecule has 1 saturated carbocycles. The van der Waals surface area contributed by atoms with Gasteiger partial charge in [-0.2, -0.15) is 0 Å². The molecule has 2 amide bonds. The smallest absolute Gasteiger partial charge is 0.407 e. The molecular weight excluding hydrogens is 420 g/mol. The number of hydrogen-bond donors (Lipinski definition) is 2. The maximum atomic E-state index is 13.0. The zero-order valence-electron chi connectivity index (χ0n) is 18.6. The highest BCUT2D eigenvalue weighted by Gasteiger charge is 2.60. The lowest BCUT2D eigenvalue weighted by molar-refractivity contribution is -0.141. The van der Waals surface area contributed by atoms with E-state index in [1.165, 1.54) is 0 Å². The van der Waals surface area contributed by atoms with Crippen molar-refractivity contribution in [3.8, 4) is 11.1 Å². The average molecular weight is 449 g/mol. The van der Waals surface area contributed by atoms with Crippen molar-refractivity contribution in [1.29, 1.82) is 0 Å². The molecule has 2 fully saturated rings. The maximum Gasteiger partial charge on any atom is 0.407 e. The third kappa shape index (κ3) is 3.86. The molecule has 5 rings (SSSR count). The molecule has 1 heterocycles. The van der Waals surface area contributed by atoms with Gasteiger partial charge in [0.2, 0.25) is 5.91 Å². The lowest BCUT2D eigenvalue weighted by Crippen LogP contribution is -2.49. The molecule has 2 unspecified atom stereocenters. The van der Waals surface area contributed by atoms with E-state index in [2.05, 4.69) is 29.6 Å². The van der Waals surface area contributed by atoms with Crippen LogP contribution in [0, 0.1) is 17.8 Å². The van der Waals surface area contributed by atoms with Crippen LogP contribution in [0.25, 0.3) is 11.1 Å². The molecule has 3 atom stereocenters. The van der Waals surface area contributed by atoms with E-state index in [4.69, 9.17) is 4.74 Å². The van der Waals surface area contributed by atoms with Gasteiger partial charge in [0.1, 0.15) is 12.6 Å². The van der Waals surface area contributed by atoms with Crippen molar-refractivity contribution in [2.24, 2.45) is 17.8 Å². The summed E-state index contributed by atoms with van der Waals surface area (Å²) in [6.45, 7) is 3.06. The number of carboxylic acids is 1. The lowest BCUT2D eigenvalue weighted by Gasteiger charge is -2.26. The van der Waals surface area contributed by atoms with Crippen LogP contribution in [0.5, 0.6) is 0 Å². The first-order valence-corrected chi connectivity index (χ1v) is 11.6. The number of benzene rings is 2. The van der Waals surface area contributed by atoms with E-state index >= 15 is 0 Å². The molecule has 33 heavy (non-hydrogen) atoms. The van der Waals surface area contributed by atoms with E-state index in [9.17, 15) is 19.5 Å². The summed E-state index contributed by atoms with van der Waals surface area (Å²) in [6.07, 6.45) is 0.645. The zero-order chi connectivity index (χ0) is 23.1. The Morgan fingerprint density at radius 1 is 1.03 bits per heavy atom. The topological polar surface area (TPSA) is 95.9 Å². The molecule has 3 aliphatic rings. The normalized spacial score (nSPS) is 23.3. The van der Waals surface area contributed by atoms with E-state index in [1.54, 1.807) is 4.90 Å². The van der Waals surface area contributed by atoms with Crippen LogP contribution in [0.15, 0.2) is 48.5 Å². The first-order chi connectivity index (χ1) is 16.0. The molecule has 0 spiro atoms. The SMILES string of the molecule is CCC[C@H](NC(=O)OCC1c2ccccc2-c2ccccc21)C(=O)N1CC2C(C1)C2C(=O)O. The molecule has 2 N–H and O–H groups in total. The fraction of sp³-hybridized carbons (Fsp3) is 0.423. The van der Waals surface area contributed by atoms with Crippen LogP contribution in [-0.2, 0) is 14.3 Å². The standard InChI is InChI=1S/C26H28N2O5/c1-2-7-22(24(29)28-12-19-20(13-28)23(19)25(30)31)27-26(32)33-14-21-17-10-5-3-8-15(17)16-9-4-6-11-18(16)21/h3-6,8-11,19-23H,2,7,12-14H2,1H3,(H,27,32)(H,30,31)/t19?,20?,22-,23?/m0/s1. The van der Waals surface area contributed by atoms with Gasteiger partial charge in [-0.05, 0) is 40.5 Å². The number of carbonyl (C=O) groups is 3. The van der Waals surface area contributed by atoms with Crippen molar-refractivity contribution >= 4 is 18.0 Å². The number of piperidine rings is 1. The highest BCUT2D eigenvalue weighted by molar-refractivity contribution is 5.87. The number of rotatable bonds is 7. The van der Waals surface area contributed by atoms with Crippen LogP contribution in [0.4, 0.5) is 4.79 Å². The lowest BCUT2D eigenvalue weighted by atomic mass is 9.98. The average Bonchev–Trinajstić information content (AvgIpc) is 3.17. The quantitative estimate of drug-likeness (QED) is 0.676. The fourth-order valence-electron chi connectivity index (χ4n) is 5.62. The number of carboxylic acid groups (broad SMARTS) is 1. The largest absolute Gasteiger partial charge is 0.481 e. The number of ether oxygens (including phenoxy) is 1. The van der Waals surface area contributed by atoms with Gasteiger partial charge in [-0.25, -0.2) is 4.79 Å². The van der Waals surface area contributed by atoms with Gasteiger partial charge in [0.25, 0.3) is 0 Å². The molecule has 172 valence electrons. The molecule has 7 nitrogen and oxygen atoms in total. The van der Waals surface area contributed by atoms with Gasteiger partial charge in [0.05, 0.1) is 5.92 Å². The van der Waals surface area contributed by atoms with Crippen LogP contribution in [0.1, 0.15) is 36.8 Å². The molecule has 0 aromatic heterocycles. The summed E-state index contributed by atoms with van der Waals surface area (Å²) >= 11 is 0. The molecule has 0 bridgehead atoms. The van der Waals surface area contributed by atoms with Crippen molar-refractivity contribution in [2.75, 3.05) is 19.7 Å². The number of likely N-dealkylation sites (tertiary alicyclic amines) is 1. The third-order valence-corrected chi connectivity index (χ3v) is 7.30. The molecule has 7 heteroatoms. The third-order valence-electron chi connectivity index (χ3n) is 7.30. The van der Waals surface area contributed by atoms with Gasteiger partial charge < -0.3 is 20.1 Å². The fourth-order valence-corrected chi connectivity index (χ4v) is 5.62. The van der Waals surface area contributed by atoms with E-state index in [0.29, 0.717) is 19.5 Å². The van der Waals surface area contributed by atoms with Crippen LogP contribution >= 0.6 is 0 Å². The zero-order valence-corrected chi connectivity index (χ0v) is 18.6. The predicted octanol–water partition coefficient (Wildman–Crippen LogP) is 3.48. The minimum atomic E-state index is -0.779. The van der Waals surface area contributed by atoms with E-state index in [0.717, 1.165) is 28.7 Å². The van der Waals surface area contributed by atoms with Crippen molar-refractivity contribution in [1.82, 2.24) is 10.2 Å². The summed E-state index contributed by atoms with van der Waals surface area (Å²) in [7, 11) is 0. The highest BCUT2D eigenvalue weighted by atomic mass is 16.5. The Hall–Kier alpha value is -3.35. The van der Waals surface area contributed by atoms with E-state index in [1.807, 2.05) is 31.2 Å². The maximum absolute atomic E-state index is 13.0. The summed E-state index contributed by atoms with van der Waals surface area (Å²) in [4.78, 5) is 38.6. The minimum Gasteiger partial charge on any atom is -0.481 e. The van der Waals surface area contributed by atoms with Crippen LogP contribution in [-0.4, -0.2) is 53.7 Å². The monoisotopic (exact) mass is 448 g/mol. The van der Waals surface area contributed by atoms with Gasteiger partial charge in [-0.1, -0.05) is 61.9 Å². The number of amides is 2. The summed E-state index contributed by atoms with van der Waals surface area (Å²) in [6, 6.07) is 15.6. The van der Waals surface area contributed by atoms with E-state index in [-0.39, 0.29) is 36.2 Å². The van der Waals surface area contributed by atoms with Gasteiger partial charge in [-0.3, -0.25) is 9.59 Å². The van der Waals surface area contributed by atoms with E-state index < -0.39 is 18.1 Å². The second kappa shape index (κ2) is 8.54. The Balaban J connectivity index is 1.20. The van der Waals surface area contributed by atoms with Crippen molar-refractivity contribution in [3.63, 3.8) is 0 Å². The number of fused-ring (bicyclic) bond motifs is 4. The summed E-state index contributed by atoms with van der Waals surface area (Å²) < 4.78 is 5.61. The first-order valence-electron chi connectivity index (χ1n) is 11.6. The second-order valence-corrected chi connectivity index (χ2v) is 9.25. The van der Waals surface area contributed by atoms with Crippen LogP contribution < -0.4 is 5.32 Å². The molecule has 2 aliphatic carbocycles. The number of hydrogen-bond acceptors (Lipinski definition) is 4. The second-order valence-electron chi connectivity index (χ2n) is 9.25. The van der Waals surface area contributed by atoms with Gasteiger partial charge >= 0.3 is 12.1 Å². The number of nitrogens with zero attached hydrogens (tertiary/aromatic N) is 1. The van der Waals surface area contributed by atoms with Crippen LogP contribution in [0.3, 0.4) is 0 Å². The Bertz CT molecular complexity index is 1040. The predicted molar refractivity (Wildman–Crippen MR) is 122 cm³/mol. The van der Waals surface area contributed by atoms with Gasteiger partial charge in [0, 0.05) is 19.0 Å². The summed E-state index contributed by atoms with van der Waals surface area (Å²) in [5, 5.41) is 12.0. The highest BCUT2D eigenvalue weighted by Crippen LogP contribution is 2.51. The number of alkyl carbamates (subject to hydrolysis) is 1. The first kappa shape index (κ1) is 21.5. The van der Waals surface area contributed by atoms with Gasteiger partial charge in [-0.15, -0.1) is 0 Å². The summed E-state index contributed by atoms with van der Waals surface area (Å²) in [5.74, 6) is -1.21. The number of carbonyl (C=O) groups excluding carboxylic acids is 2. The van der Waals surface area contributed by atoms with Crippen LogP contribution in [0.2, 0.25) is 0 Å². The van der Waals surface area contributed by atoms with Gasteiger partial charge in [0.15, 0.2) is 0 Å². The molecule has 1 saturated heterocycles. The molecule has 2 aromatic carbocycles. The molecule has 1 aliphatic heterocycles. The van der Waals surface area contributed by atoms with Crippen molar-refractivity contribution < 1.29 is 24.2 Å². The Morgan fingerprint density at radius 2 is 1.61 bits per heavy atom. The molecular formula is C26H28N2O5. The summed E-state index contributed by atoms with van der Waals surface area (Å²) in [5.41, 5.74) is 4.59. The molecule has 0 radical (unpaired) electrons. The van der Waals surface area contributed by atoms with Crippen molar-refractivity contribution in [2.45, 2.75) is 31.7 Å². The Morgan fingerprint density at radius 3 is 2.15 bits per heavy atom.